The molecule has 0 aliphatic carbocycles. The molecule has 0 heterocycles. The molecular weight excluding hydrogens is 342 g/mol. The number of nitro groups is 1. The van der Waals surface area contributed by atoms with Crippen LogP contribution in [0.25, 0.3) is 0 Å². The summed E-state index contributed by atoms with van der Waals surface area (Å²) in [5.41, 5.74) is 5.39. The fraction of sp³-hybridized carbons (Fsp3) is 0.0500. The molecule has 0 spiro atoms. The van der Waals surface area contributed by atoms with Gasteiger partial charge in [-0.15, -0.1) is 10.2 Å². The number of benzene rings is 3. The largest absolute Gasteiger partial charge is 0.277 e. The summed E-state index contributed by atoms with van der Waals surface area (Å²) in [6, 6.07) is 25.2. The van der Waals surface area contributed by atoms with Gasteiger partial charge >= 0.3 is 0 Å². The van der Waals surface area contributed by atoms with E-state index in [1.807, 2.05) is 60.7 Å². The van der Waals surface area contributed by atoms with Crippen molar-refractivity contribution in [2.45, 2.75) is 6.42 Å². The Morgan fingerprint density at radius 3 is 2.15 bits per heavy atom. The summed E-state index contributed by atoms with van der Waals surface area (Å²) in [5, 5.41) is 23.4. The highest BCUT2D eigenvalue weighted by molar-refractivity contribution is 5.85. The van der Waals surface area contributed by atoms with Crippen LogP contribution in [0.3, 0.4) is 0 Å². The van der Waals surface area contributed by atoms with Gasteiger partial charge in [0.15, 0.2) is 5.84 Å². The predicted octanol–water partition coefficient (Wildman–Crippen LogP) is 5.35. The number of amidine groups is 1. The zero-order valence-electron chi connectivity index (χ0n) is 14.4. The standard InChI is InChI=1S/C20H17N5O2/c26-25(27)19-13-11-18(12-14-19)22-24-20(15-16-7-3-1-4-8-16)23-21-17-9-5-2-6-10-17/h1-14,21H,15H2. The van der Waals surface area contributed by atoms with Crippen molar-refractivity contribution in [1.82, 2.24) is 0 Å². The van der Waals surface area contributed by atoms with Crippen LogP contribution >= 0.6 is 0 Å². The van der Waals surface area contributed by atoms with Gasteiger partial charge in [0.2, 0.25) is 0 Å². The van der Waals surface area contributed by atoms with Crippen LogP contribution in [-0.4, -0.2) is 10.8 Å². The third-order valence-corrected chi connectivity index (χ3v) is 3.63. The van der Waals surface area contributed by atoms with Gasteiger partial charge in [-0.1, -0.05) is 48.5 Å². The minimum Gasteiger partial charge on any atom is -0.277 e. The Hall–Kier alpha value is -3.87. The van der Waals surface area contributed by atoms with Crippen LogP contribution in [0.15, 0.2) is 100 Å². The number of hydrazone groups is 1. The Labute approximate surface area is 156 Å². The maximum atomic E-state index is 10.7. The summed E-state index contributed by atoms with van der Waals surface area (Å²) in [6.45, 7) is 0. The second kappa shape index (κ2) is 9.00. The van der Waals surface area contributed by atoms with Gasteiger partial charge in [-0.2, -0.15) is 5.10 Å². The third kappa shape index (κ3) is 5.57. The quantitative estimate of drug-likeness (QED) is 0.211. The Kier molecular flexibility index (Phi) is 5.98. The van der Waals surface area contributed by atoms with Crippen molar-refractivity contribution in [3.8, 4) is 0 Å². The SMILES string of the molecule is O=[N+]([O-])c1ccc(N=NC(Cc2ccccc2)=NNc2ccccc2)cc1. The molecule has 3 aromatic rings. The number of para-hydroxylation sites is 1. The van der Waals surface area contributed by atoms with Crippen molar-refractivity contribution in [1.29, 1.82) is 0 Å². The van der Waals surface area contributed by atoms with Crippen molar-refractivity contribution in [2.24, 2.45) is 15.3 Å². The van der Waals surface area contributed by atoms with Crippen molar-refractivity contribution in [3.63, 3.8) is 0 Å². The normalized spacial score (nSPS) is 11.5. The minimum absolute atomic E-state index is 0.0119. The molecule has 0 aliphatic rings. The molecule has 3 aromatic carbocycles. The van der Waals surface area contributed by atoms with Crippen molar-refractivity contribution in [2.75, 3.05) is 5.43 Å². The van der Waals surface area contributed by atoms with E-state index < -0.39 is 4.92 Å². The molecule has 0 atom stereocenters. The summed E-state index contributed by atoms with van der Waals surface area (Å²) >= 11 is 0. The maximum absolute atomic E-state index is 10.7. The average molecular weight is 359 g/mol. The van der Waals surface area contributed by atoms with E-state index in [4.69, 9.17) is 0 Å². The first-order valence-corrected chi connectivity index (χ1v) is 8.28. The molecule has 0 saturated carbocycles. The number of non-ortho nitro benzene ring substituents is 1. The smallest absolute Gasteiger partial charge is 0.269 e. The van der Waals surface area contributed by atoms with Crippen LogP contribution in [-0.2, 0) is 6.42 Å². The number of nitro benzene ring substituents is 1. The van der Waals surface area contributed by atoms with Crippen LogP contribution < -0.4 is 5.43 Å². The Balaban J connectivity index is 1.78. The van der Waals surface area contributed by atoms with Gasteiger partial charge in [-0.25, -0.2) is 0 Å². The van der Waals surface area contributed by atoms with Gasteiger partial charge in [0.25, 0.3) is 5.69 Å². The number of hydrogen-bond acceptors (Lipinski definition) is 5. The van der Waals surface area contributed by atoms with Gasteiger partial charge in [-0.05, 0) is 29.8 Å². The van der Waals surface area contributed by atoms with E-state index in [0.717, 1.165) is 11.3 Å². The summed E-state index contributed by atoms with van der Waals surface area (Å²) in [7, 11) is 0. The van der Waals surface area contributed by atoms with Gasteiger partial charge in [0.1, 0.15) is 0 Å². The van der Waals surface area contributed by atoms with E-state index in [-0.39, 0.29) is 5.69 Å². The van der Waals surface area contributed by atoms with Crippen molar-refractivity contribution < 1.29 is 4.92 Å². The second-order valence-electron chi connectivity index (χ2n) is 5.64. The molecule has 134 valence electrons. The first-order chi connectivity index (χ1) is 13.2. The Morgan fingerprint density at radius 2 is 1.52 bits per heavy atom. The zero-order chi connectivity index (χ0) is 18.9. The molecule has 27 heavy (non-hydrogen) atoms. The topological polar surface area (TPSA) is 92.2 Å². The monoisotopic (exact) mass is 359 g/mol. The molecule has 0 bridgehead atoms. The zero-order valence-corrected chi connectivity index (χ0v) is 14.4. The van der Waals surface area contributed by atoms with E-state index in [1.165, 1.54) is 12.1 Å². The molecule has 3 rings (SSSR count). The Morgan fingerprint density at radius 1 is 0.889 bits per heavy atom. The fourth-order valence-electron chi connectivity index (χ4n) is 2.27. The number of anilines is 1. The molecule has 0 saturated heterocycles. The van der Waals surface area contributed by atoms with Crippen LogP contribution in [0.5, 0.6) is 0 Å². The van der Waals surface area contributed by atoms with E-state index in [9.17, 15) is 10.1 Å². The minimum atomic E-state index is -0.451. The molecule has 0 aromatic heterocycles. The lowest BCUT2D eigenvalue weighted by Crippen LogP contribution is -2.03. The third-order valence-electron chi connectivity index (χ3n) is 3.63. The molecule has 0 amide bonds. The lowest BCUT2D eigenvalue weighted by Gasteiger charge is -2.03. The Bertz CT molecular complexity index is 939. The van der Waals surface area contributed by atoms with Crippen LogP contribution in [0.2, 0.25) is 0 Å². The predicted molar refractivity (Wildman–Crippen MR) is 105 cm³/mol. The fourth-order valence-corrected chi connectivity index (χ4v) is 2.27. The number of rotatable bonds is 6. The molecule has 0 aliphatic heterocycles. The van der Waals surface area contributed by atoms with Gasteiger partial charge in [0.05, 0.1) is 16.3 Å². The van der Waals surface area contributed by atoms with Crippen LogP contribution in [0.1, 0.15) is 5.56 Å². The second-order valence-corrected chi connectivity index (χ2v) is 5.64. The van der Waals surface area contributed by atoms with E-state index in [1.54, 1.807) is 12.1 Å². The lowest BCUT2D eigenvalue weighted by molar-refractivity contribution is -0.384. The highest BCUT2D eigenvalue weighted by atomic mass is 16.6. The molecular formula is C20H17N5O2. The number of hydrogen-bond donors (Lipinski definition) is 1. The molecule has 0 unspecified atom stereocenters. The summed E-state index contributed by atoms with van der Waals surface area (Å²) in [4.78, 5) is 10.3. The number of nitrogens with one attached hydrogen (secondary N) is 1. The summed E-state index contributed by atoms with van der Waals surface area (Å²) < 4.78 is 0. The van der Waals surface area contributed by atoms with Gasteiger partial charge in [0, 0.05) is 18.6 Å². The number of azo groups is 1. The van der Waals surface area contributed by atoms with Crippen LogP contribution in [0, 0.1) is 10.1 Å². The first kappa shape index (κ1) is 17.9. The van der Waals surface area contributed by atoms with Crippen molar-refractivity contribution in [3.05, 3.63) is 101 Å². The van der Waals surface area contributed by atoms with Crippen LogP contribution in [0.4, 0.5) is 17.1 Å². The first-order valence-electron chi connectivity index (χ1n) is 8.28. The van der Waals surface area contributed by atoms with E-state index in [2.05, 4.69) is 20.8 Å². The highest BCUT2D eigenvalue weighted by Gasteiger charge is 2.04. The number of nitrogens with zero attached hydrogens (tertiary/aromatic N) is 4. The van der Waals surface area contributed by atoms with E-state index in [0.29, 0.717) is 17.9 Å². The highest BCUT2D eigenvalue weighted by Crippen LogP contribution is 2.18. The molecule has 0 fully saturated rings. The molecule has 7 heteroatoms. The summed E-state index contributed by atoms with van der Waals surface area (Å²) in [6.07, 6.45) is 0.497. The molecule has 7 nitrogen and oxygen atoms in total. The molecule has 1 N–H and O–H groups in total. The molecule has 0 radical (unpaired) electrons. The van der Waals surface area contributed by atoms with E-state index >= 15 is 0 Å². The summed E-state index contributed by atoms with van der Waals surface area (Å²) in [5.74, 6) is 0.489. The van der Waals surface area contributed by atoms with Gasteiger partial charge < -0.3 is 0 Å². The average Bonchev–Trinajstić information content (AvgIpc) is 2.72. The lowest BCUT2D eigenvalue weighted by atomic mass is 10.1. The maximum Gasteiger partial charge on any atom is 0.269 e. The van der Waals surface area contributed by atoms with Crippen molar-refractivity contribution >= 4 is 22.9 Å². The van der Waals surface area contributed by atoms with Gasteiger partial charge in [-0.3, -0.25) is 15.5 Å².